The van der Waals surface area contributed by atoms with Gasteiger partial charge in [-0.05, 0) is 18.2 Å². The number of carbonyl (C=O) groups is 1. The number of rotatable bonds is 11. The normalized spacial score (nSPS) is 10.1. The molecule has 0 aliphatic heterocycles. The summed E-state index contributed by atoms with van der Waals surface area (Å²) in [6.45, 7) is 0.579. The van der Waals surface area contributed by atoms with E-state index in [1.54, 1.807) is 18.1 Å². The fourth-order valence-corrected chi connectivity index (χ4v) is 2.31. The number of hydrogen-bond donors (Lipinski definition) is 0. The van der Waals surface area contributed by atoms with Crippen LogP contribution in [0.3, 0.4) is 0 Å². The zero-order valence-electron chi connectivity index (χ0n) is 15.9. The van der Waals surface area contributed by atoms with E-state index in [4.69, 9.17) is 14.8 Å². The van der Waals surface area contributed by atoms with Gasteiger partial charge in [-0.1, -0.05) is 6.07 Å². The van der Waals surface area contributed by atoms with Gasteiger partial charge in [-0.15, -0.1) is 0 Å². The van der Waals surface area contributed by atoms with Crippen molar-refractivity contribution >= 4 is 23.7 Å². The molecule has 0 aliphatic rings. The van der Waals surface area contributed by atoms with Gasteiger partial charge >= 0.3 is 5.97 Å². The second-order valence-corrected chi connectivity index (χ2v) is 5.93. The van der Waals surface area contributed by atoms with Crippen LogP contribution in [0.4, 0.5) is 5.69 Å². The van der Waals surface area contributed by atoms with Crippen molar-refractivity contribution < 1.29 is 24.1 Å². The van der Waals surface area contributed by atoms with Crippen LogP contribution in [0.5, 0.6) is 5.75 Å². The number of ether oxygens (including phenoxy) is 1. The molecule has 0 bridgehead atoms. The summed E-state index contributed by atoms with van der Waals surface area (Å²) in [5.41, 5.74) is 1.14. The first-order valence-electron chi connectivity index (χ1n) is 8.87. The summed E-state index contributed by atoms with van der Waals surface area (Å²) < 4.78 is 5.17. The van der Waals surface area contributed by atoms with Crippen LogP contribution in [0, 0.1) is 21.4 Å². The Bertz CT molecular complexity index is 947. The molecule has 0 fully saturated rings. The summed E-state index contributed by atoms with van der Waals surface area (Å²) >= 11 is 0. The lowest BCUT2D eigenvalue weighted by molar-refractivity contribution is -0.384. The Morgan fingerprint density at radius 1 is 1.27 bits per heavy atom. The number of nitro groups is 1. The van der Waals surface area contributed by atoms with Gasteiger partial charge in [0.25, 0.3) is 5.69 Å². The van der Waals surface area contributed by atoms with Crippen molar-refractivity contribution in [3.8, 4) is 11.8 Å². The van der Waals surface area contributed by atoms with Crippen LogP contribution in [0.2, 0.25) is 0 Å². The number of non-ortho nitro benzene ring substituents is 1. The van der Waals surface area contributed by atoms with Crippen molar-refractivity contribution in [3.05, 3.63) is 64.0 Å². The van der Waals surface area contributed by atoms with Crippen LogP contribution in [0.1, 0.15) is 24.1 Å². The van der Waals surface area contributed by atoms with E-state index in [1.807, 2.05) is 6.07 Å². The lowest BCUT2D eigenvalue weighted by Gasteiger charge is -2.20. The Kier molecular flexibility index (Phi) is 8.83. The van der Waals surface area contributed by atoms with Crippen molar-refractivity contribution in [2.45, 2.75) is 19.4 Å². The average Bonchev–Trinajstić information content (AvgIpc) is 2.74. The number of hydroxylamine groups is 2. The summed E-state index contributed by atoms with van der Waals surface area (Å²) in [5.74, 6) is 1.33. The van der Waals surface area contributed by atoms with Gasteiger partial charge in [0.1, 0.15) is 11.7 Å². The molecule has 0 N–H and O–H groups in total. The summed E-state index contributed by atoms with van der Waals surface area (Å²) in [6, 6.07) is 10.6. The van der Waals surface area contributed by atoms with E-state index in [0.29, 0.717) is 11.3 Å². The molecule has 2 rings (SSSR count). The second-order valence-electron chi connectivity index (χ2n) is 5.93. The predicted molar refractivity (Wildman–Crippen MR) is 104 cm³/mol. The molecule has 0 saturated carbocycles. The van der Waals surface area contributed by atoms with Crippen LogP contribution in [-0.2, 0) is 21.0 Å². The highest BCUT2D eigenvalue weighted by molar-refractivity contribution is 5.74. The van der Waals surface area contributed by atoms with Crippen molar-refractivity contribution in [2.75, 3.05) is 13.2 Å². The van der Waals surface area contributed by atoms with Gasteiger partial charge in [-0.3, -0.25) is 24.7 Å². The maximum Gasteiger partial charge on any atom is 0.312 e. The van der Waals surface area contributed by atoms with Crippen LogP contribution in [0.25, 0.3) is 6.08 Å². The molecular weight excluding hydrogens is 392 g/mol. The van der Waals surface area contributed by atoms with Crippen molar-refractivity contribution in [3.63, 3.8) is 0 Å². The zero-order valence-corrected chi connectivity index (χ0v) is 15.9. The Morgan fingerprint density at radius 2 is 2.03 bits per heavy atom. The van der Waals surface area contributed by atoms with E-state index in [2.05, 4.69) is 4.98 Å². The molecule has 30 heavy (non-hydrogen) atoms. The molecule has 1 aromatic heterocycles. The van der Waals surface area contributed by atoms with Gasteiger partial charge in [0.2, 0.25) is 0 Å². The monoisotopic (exact) mass is 410 g/mol. The van der Waals surface area contributed by atoms with Crippen LogP contribution >= 0.6 is 0 Å². The first-order chi connectivity index (χ1) is 14.5. The van der Waals surface area contributed by atoms with E-state index >= 15 is 0 Å². The fourth-order valence-electron chi connectivity index (χ4n) is 2.31. The van der Waals surface area contributed by atoms with Gasteiger partial charge < -0.3 is 4.74 Å². The van der Waals surface area contributed by atoms with Gasteiger partial charge in [0.15, 0.2) is 0 Å². The maximum absolute atomic E-state index is 12.1. The van der Waals surface area contributed by atoms with Crippen LogP contribution < -0.4 is 4.74 Å². The number of benzene rings is 1. The molecular formula is C20H18N4O6. The molecule has 0 saturated heterocycles. The van der Waals surface area contributed by atoms with Gasteiger partial charge in [-0.25, -0.2) is 4.79 Å². The minimum atomic E-state index is -0.544. The topological polar surface area (TPSA) is 136 Å². The highest BCUT2D eigenvalue weighted by Gasteiger charge is 2.13. The molecule has 0 amide bonds. The molecule has 0 unspecified atom stereocenters. The minimum Gasteiger partial charge on any atom is -0.426 e. The Morgan fingerprint density at radius 3 is 2.63 bits per heavy atom. The first-order valence-corrected chi connectivity index (χ1v) is 8.87. The molecule has 10 heteroatoms. The number of nitro benzene ring substituents is 1. The maximum atomic E-state index is 12.1. The molecule has 0 atom stereocenters. The van der Waals surface area contributed by atoms with E-state index < -0.39 is 10.9 Å². The smallest absolute Gasteiger partial charge is 0.312 e. The van der Waals surface area contributed by atoms with Crippen LogP contribution in [0.15, 0.2) is 42.6 Å². The third-order valence-electron chi connectivity index (χ3n) is 3.74. The number of nitriles is 1. The molecule has 2 aromatic rings. The van der Waals surface area contributed by atoms with Gasteiger partial charge in [0, 0.05) is 36.5 Å². The number of pyridine rings is 1. The number of nitrogens with zero attached hydrogens (tertiary/aromatic N) is 4. The van der Waals surface area contributed by atoms with Gasteiger partial charge in [0.05, 0.1) is 42.7 Å². The van der Waals surface area contributed by atoms with E-state index in [-0.39, 0.29) is 44.0 Å². The quantitative estimate of drug-likeness (QED) is 0.137. The summed E-state index contributed by atoms with van der Waals surface area (Å²) in [5, 5.41) is 20.8. The number of aromatic nitrogens is 1. The highest BCUT2D eigenvalue weighted by atomic mass is 16.7. The standard InChI is InChI=1S/C20H18N4O6/c21-10-1-13-29-23(15-17-3-2-16(9-12-25)14-22-17)11-8-20(26)30-19-6-4-18(5-7-19)24(27)28/h2-7,9,14H,1,8,11,13,15H2. The van der Waals surface area contributed by atoms with Gasteiger partial charge in [-0.2, -0.15) is 10.3 Å². The third-order valence-corrected chi connectivity index (χ3v) is 3.74. The first kappa shape index (κ1) is 22.4. The zero-order chi connectivity index (χ0) is 21.8. The average molecular weight is 410 g/mol. The fraction of sp³-hybridized carbons (Fsp3) is 0.250. The molecule has 154 valence electrons. The number of hydrogen-bond acceptors (Lipinski definition) is 9. The summed E-state index contributed by atoms with van der Waals surface area (Å²) in [4.78, 5) is 42.3. The SMILES string of the molecule is N#CCCON(CCC(=O)Oc1ccc([N+](=O)[O-])cc1)Cc1ccc(C=C=O)cn1. The predicted octanol–water partition coefficient (Wildman–Crippen LogP) is 2.48. The molecule has 0 spiro atoms. The largest absolute Gasteiger partial charge is 0.426 e. The van der Waals surface area contributed by atoms with Crippen molar-refractivity contribution in [2.24, 2.45) is 0 Å². The Balaban J connectivity index is 1.92. The van der Waals surface area contributed by atoms with Crippen molar-refractivity contribution in [1.29, 1.82) is 5.26 Å². The Labute approximate surface area is 172 Å². The highest BCUT2D eigenvalue weighted by Crippen LogP contribution is 2.18. The summed E-state index contributed by atoms with van der Waals surface area (Å²) in [6.07, 6.45) is 2.93. The molecule has 0 aliphatic carbocycles. The number of carbonyl (C=O) groups excluding carboxylic acids is 2. The van der Waals surface area contributed by atoms with Crippen LogP contribution in [-0.4, -0.2) is 40.0 Å². The minimum absolute atomic E-state index is 0.0183. The number of esters is 1. The Hall–Kier alpha value is -3.90. The summed E-state index contributed by atoms with van der Waals surface area (Å²) in [7, 11) is 0. The molecule has 1 aromatic carbocycles. The lowest BCUT2D eigenvalue weighted by Crippen LogP contribution is -2.28. The second kappa shape index (κ2) is 11.8. The molecule has 10 nitrogen and oxygen atoms in total. The lowest BCUT2D eigenvalue weighted by atomic mass is 10.2. The third kappa shape index (κ3) is 7.61. The van der Waals surface area contributed by atoms with Crippen molar-refractivity contribution in [1.82, 2.24) is 10.0 Å². The van der Waals surface area contributed by atoms with E-state index in [0.717, 1.165) is 0 Å². The molecule has 1 heterocycles. The van der Waals surface area contributed by atoms with E-state index in [1.165, 1.54) is 41.6 Å². The van der Waals surface area contributed by atoms with E-state index in [9.17, 15) is 19.7 Å². The molecule has 0 radical (unpaired) electrons.